The lowest BCUT2D eigenvalue weighted by molar-refractivity contribution is -0.0387. The van der Waals surface area contributed by atoms with Crippen LogP contribution >= 0.6 is 0 Å². The van der Waals surface area contributed by atoms with E-state index in [0.29, 0.717) is 18.7 Å². The zero-order chi connectivity index (χ0) is 14.0. The SMILES string of the molecule is C[C@@H]1CN(C(=O)c2cccc(C(=O)O)c2)[C@@H](C)CO1. The Morgan fingerprint density at radius 1 is 1.32 bits per heavy atom. The summed E-state index contributed by atoms with van der Waals surface area (Å²) in [6.07, 6.45) is 0.00260. The molecule has 1 aromatic rings. The molecule has 5 heteroatoms. The summed E-state index contributed by atoms with van der Waals surface area (Å²) in [7, 11) is 0. The predicted octanol–water partition coefficient (Wildman–Crippen LogP) is 1.63. The zero-order valence-corrected chi connectivity index (χ0v) is 11.0. The normalized spacial score (nSPS) is 23.2. The monoisotopic (exact) mass is 263 g/mol. The molecule has 0 aromatic heterocycles. The van der Waals surface area contributed by atoms with Gasteiger partial charge in [0.05, 0.1) is 24.3 Å². The van der Waals surface area contributed by atoms with Crippen LogP contribution in [0.4, 0.5) is 0 Å². The van der Waals surface area contributed by atoms with Gasteiger partial charge in [0.15, 0.2) is 0 Å². The molecule has 0 saturated carbocycles. The van der Waals surface area contributed by atoms with Crippen LogP contribution in [0, 0.1) is 0 Å². The van der Waals surface area contributed by atoms with E-state index in [-0.39, 0.29) is 23.6 Å². The maximum atomic E-state index is 12.4. The third kappa shape index (κ3) is 2.93. The van der Waals surface area contributed by atoms with Crippen molar-refractivity contribution in [1.82, 2.24) is 4.90 Å². The Morgan fingerprint density at radius 2 is 2.00 bits per heavy atom. The van der Waals surface area contributed by atoms with Crippen LogP contribution < -0.4 is 0 Å². The van der Waals surface area contributed by atoms with Crippen LogP contribution in [0.2, 0.25) is 0 Å². The highest BCUT2D eigenvalue weighted by molar-refractivity contribution is 5.97. The third-order valence-electron chi connectivity index (χ3n) is 3.23. The Kier molecular flexibility index (Phi) is 3.85. The quantitative estimate of drug-likeness (QED) is 0.880. The van der Waals surface area contributed by atoms with Crippen LogP contribution in [-0.4, -0.2) is 47.2 Å². The lowest BCUT2D eigenvalue weighted by atomic mass is 10.1. The summed E-state index contributed by atoms with van der Waals surface area (Å²) in [6, 6.07) is 6.12. The first-order valence-electron chi connectivity index (χ1n) is 6.25. The van der Waals surface area contributed by atoms with Crippen LogP contribution in [0.5, 0.6) is 0 Å². The van der Waals surface area contributed by atoms with E-state index in [2.05, 4.69) is 0 Å². The average Bonchev–Trinajstić information content (AvgIpc) is 2.41. The number of benzene rings is 1. The van der Waals surface area contributed by atoms with Gasteiger partial charge in [-0.15, -0.1) is 0 Å². The van der Waals surface area contributed by atoms with Gasteiger partial charge in [0.2, 0.25) is 0 Å². The van der Waals surface area contributed by atoms with Crippen LogP contribution in [0.1, 0.15) is 34.6 Å². The second-order valence-electron chi connectivity index (χ2n) is 4.84. The maximum absolute atomic E-state index is 12.4. The van der Waals surface area contributed by atoms with Gasteiger partial charge in [-0.25, -0.2) is 4.79 Å². The van der Waals surface area contributed by atoms with Crippen LogP contribution in [0.25, 0.3) is 0 Å². The van der Waals surface area contributed by atoms with Crippen LogP contribution in [0.15, 0.2) is 24.3 Å². The minimum atomic E-state index is -1.03. The van der Waals surface area contributed by atoms with Crippen molar-refractivity contribution in [1.29, 1.82) is 0 Å². The van der Waals surface area contributed by atoms with Crippen LogP contribution in [-0.2, 0) is 4.74 Å². The van der Waals surface area contributed by atoms with E-state index in [9.17, 15) is 9.59 Å². The number of carboxylic acids is 1. The van der Waals surface area contributed by atoms with E-state index >= 15 is 0 Å². The van der Waals surface area contributed by atoms with Crippen molar-refractivity contribution in [3.05, 3.63) is 35.4 Å². The first-order chi connectivity index (χ1) is 8.99. The highest BCUT2D eigenvalue weighted by atomic mass is 16.5. The fourth-order valence-corrected chi connectivity index (χ4v) is 2.14. The Labute approximate surface area is 111 Å². The minimum Gasteiger partial charge on any atom is -0.478 e. The van der Waals surface area contributed by atoms with Gasteiger partial charge in [0.25, 0.3) is 5.91 Å². The Hall–Kier alpha value is -1.88. The molecule has 1 saturated heterocycles. The molecule has 2 atom stereocenters. The number of morpholine rings is 1. The molecule has 2 rings (SSSR count). The molecule has 0 radical (unpaired) electrons. The highest BCUT2D eigenvalue weighted by Crippen LogP contribution is 2.16. The molecular formula is C14H17NO4. The van der Waals surface area contributed by atoms with Gasteiger partial charge in [0, 0.05) is 12.1 Å². The summed E-state index contributed by atoms with van der Waals surface area (Å²) in [5.41, 5.74) is 0.528. The standard InChI is InChI=1S/C14H17NO4/c1-9-8-19-10(2)7-15(9)13(16)11-4-3-5-12(6-11)14(17)18/h3-6,9-10H,7-8H2,1-2H3,(H,17,18)/t9-,10+/m0/s1. The highest BCUT2D eigenvalue weighted by Gasteiger charge is 2.28. The Bertz CT molecular complexity index is 500. The zero-order valence-electron chi connectivity index (χ0n) is 11.0. The van der Waals surface area contributed by atoms with Gasteiger partial charge in [0.1, 0.15) is 0 Å². The number of ether oxygens (including phenoxy) is 1. The molecule has 1 amide bonds. The molecule has 1 N–H and O–H groups in total. The smallest absolute Gasteiger partial charge is 0.335 e. The largest absolute Gasteiger partial charge is 0.478 e. The fraction of sp³-hybridized carbons (Fsp3) is 0.429. The van der Waals surface area contributed by atoms with Crippen LogP contribution in [0.3, 0.4) is 0 Å². The molecule has 0 spiro atoms. The van der Waals surface area contributed by atoms with E-state index in [1.54, 1.807) is 17.0 Å². The molecule has 1 heterocycles. The van der Waals surface area contributed by atoms with Crippen molar-refractivity contribution in [2.24, 2.45) is 0 Å². The molecule has 0 bridgehead atoms. The summed E-state index contributed by atoms with van der Waals surface area (Å²) in [5.74, 6) is -1.18. The number of hydrogen-bond donors (Lipinski definition) is 1. The summed E-state index contributed by atoms with van der Waals surface area (Å²) in [5, 5.41) is 8.95. The number of carbonyl (C=O) groups excluding carboxylic acids is 1. The second-order valence-corrected chi connectivity index (χ2v) is 4.84. The van der Waals surface area contributed by atoms with Gasteiger partial charge in [-0.1, -0.05) is 6.07 Å². The molecule has 0 unspecified atom stereocenters. The van der Waals surface area contributed by atoms with Gasteiger partial charge in [-0.3, -0.25) is 4.79 Å². The maximum Gasteiger partial charge on any atom is 0.335 e. The molecule has 1 aromatic carbocycles. The second kappa shape index (κ2) is 5.40. The number of amides is 1. The van der Waals surface area contributed by atoms with E-state index in [0.717, 1.165) is 0 Å². The molecular weight excluding hydrogens is 246 g/mol. The van der Waals surface area contributed by atoms with Crippen molar-refractivity contribution < 1.29 is 19.4 Å². The number of rotatable bonds is 2. The van der Waals surface area contributed by atoms with Gasteiger partial charge >= 0.3 is 5.97 Å². The third-order valence-corrected chi connectivity index (χ3v) is 3.23. The van der Waals surface area contributed by atoms with E-state index in [4.69, 9.17) is 9.84 Å². The predicted molar refractivity (Wildman–Crippen MR) is 69.3 cm³/mol. The van der Waals surface area contributed by atoms with Crippen molar-refractivity contribution in [2.45, 2.75) is 26.0 Å². The van der Waals surface area contributed by atoms with Gasteiger partial charge < -0.3 is 14.7 Å². The summed E-state index contributed by atoms with van der Waals surface area (Å²) >= 11 is 0. The first-order valence-corrected chi connectivity index (χ1v) is 6.25. The molecule has 1 fully saturated rings. The minimum absolute atomic E-state index is 0.00260. The Balaban J connectivity index is 2.23. The van der Waals surface area contributed by atoms with E-state index < -0.39 is 5.97 Å². The van der Waals surface area contributed by atoms with Gasteiger partial charge in [-0.2, -0.15) is 0 Å². The molecule has 1 aliphatic heterocycles. The molecule has 5 nitrogen and oxygen atoms in total. The molecule has 19 heavy (non-hydrogen) atoms. The first kappa shape index (κ1) is 13.5. The molecule has 102 valence electrons. The number of carboxylic acid groups (broad SMARTS) is 1. The summed E-state index contributed by atoms with van der Waals surface area (Å²) < 4.78 is 5.48. The molecule has 0 aliphatic carbocycles. The lowest BCUT2D eigenvalue weighted by Crippen LogP contribution is -2.50. The van der Waals surface area contributed by atoms with Crippen molar-refractivity contribution >= 4 is 11.9 Å². The number of nitrogens with zero attached hydrogens (tertiary/aromatic N) is 1. The fourth-order valence-electron chi connectivity index (χ4n) is 2.14. The molecule has 1 aliphatic rings. The van der Waals surface area contributed by atoms with E-state index in [1.807, 2.05) is 13.8 Å². The van der Waals surface area contributed by atoms with Crippen molar-refractivity contribution in [2.75, 3.05) is 13.2 Å². The lowest BCUT2D eigenvalue weighted by Gasteiger charge is -2.36. The topological polar surface area (TPSA) is 66.8 Å². The van der Waals surface area contributed by atoms with E-state index in [1.165, 1.54) is 12.1 Å². The number of aromatic carboxylic acids is 1. The summed E-state index contributed by atoms with van der Waals surface area (Å²) in [6.45, 7) is 4.87. The number of carbonyl (C=O) groups is 2. The summed E-state index contributed by atoms with van der Waals surface area (Å²) in [4.78, 5) is 25.1. The van der Waals surface area contributed by atoms with Gasteiger partial charge in [-0.05, 0) is 32.0 Å². The average molecular weight is 263 g/mol. The van der Waals surface area contributed by atoms with Crippen molar-refractivity contribution in [3.63, 3.8) is 0 Å². The number of hydrogen-bond acceptors (Lipinski definition) is 3. The van der Waals surface area contributed by atoms with Crippen molar-refractivity contribution in [3.8, 4) is 0 Å². The Morgan fingerprint density at radius 3 is 2.68 bits per heavy atom.